The molecule has 0 aliphatic rings. The Labute approximate surface area is 178 Å². The van der Waals surface area contributed by atoms with Crippen LogP contribution >= 0.6 is 0 Å². The van der Waals surface area contributed by atoms with Gasteiger partial charge in [-0.05, 0) is 62.4 Å². The molecule has 31 heavy (non-hydrogen) atoms. The summed E-state index contributed by atoms with van der Waals surface area (Å²) in [5.41, 5.74) is 3.46. The molecule has 0 atom stereocenters. The van der Waals surface area contributed by atoms with Gasteiger partial charge in [0.15, 0.2) is 0 Å². The van der Waals surface area contributed by atoms with Crippen LogP contribution in [-0.2, 0) is 9.53 Å². The number of benzene rings is 2. The third kappa shape index (κ3) is 4.98. The van der Waals surface area contributed by atoms with Gasteiger partial charge in [-0.3, -0.25) is 14.4 Å². The molecule has 0 bridgehead atoms. The number of aryl methyl sites for hydroxylation is 1. The molecular weight excluding hydrogens is 401 g/mol. The van der Waals surface area contributed by atoms with Crippen molar-refractivity contribution < 1.29 is 23.5 Å². The van der Waals surface area contributed by atoms with Crippen molar-refractivity contribution in [2.45, 2.75) is 13.8 Å². The van der Waals surface area contributed by atoms with Crippen LogP contribution in [0.5, 0.6) is 0 Å². The molecule has 0 saturated carbocycles. The lowest BCUT2D eigenvalue weighted by molar-refractivity contribution is -0.139. The van der Waals surface area contributed by atoms with Gasteiger partial charge in [0, 0.05) is 28.3 Å². The third-order valence-electron chi connectivity index (χ3n) is 4.76. The highest BCUT2D eigenvalue weighted by Crippen LogP contribution is 2.22. The molecule has 160 valence electrons. The minimum absolute atomic E-state index is 0.249. The summed E-state index contributed by atoms with van der Waals surface area (Å²) in [5, 5.41) is 5.24. The zero-order chi connectivity index (χ0) is 22.5. The van der Waals surface area contributed by atoms with Gasteiger partial charge in [-0.1, -0.05) is 6.07 Å². The standard InChI is InChI=1S/C23H22FN3O4/c1-14-11-20(15(2)27(14)19-9-7-17(24)8-10-19)23(30)26-18-6-4-5-16(12-18)22(29)25-13-21(28)31-3/h4-12H,13H2,1-3H3,(H,25,29)(H,26,30). The summed E-state index contributed by atoms with van der Waals surface area (Å²) in [6.45, 7) is 3.42. The SMILES string of the molecule is COC(=O)CNC(=O)c1cccc(NC(=O)c2cc(C)n(-c3ccc(F)cc3)c2C)c1. The summed E-state index contributed by atoms with van der Waals surface area (Å²) in [6, 6.07) is 14.2. The lowest BCUT2D eigenvalue weighted by Crippen LogP contribution is -2.30. The summed E-state index contributed by atoms with van der Waals surface area (Å²) in [6.07, 6.45) is 0. The van der Waals surface area contributed by atoms with Crippen molar-refractivity contribution in [3.8, 4) is 5.69 Å². The van der Waals surface area contributed by atoms with Gasteiger partial charge in [0.1, 0.15) is 12.4 Å². The maximum atomic E-state index is 13.2. The minimum atomic E-state index is -0.561. The molecule has 0 saturated heterocycles. The number of carbonyl (C=O) groups excluding carboxylic acids is 3. The summed E-state index contributed by atoms with van der Waals surface area (Å²) in [5.74, 6) is -1.70. The molecule has 0 aliphatic heterocycles. The van der Waals surface area contributed by atoms with E-state index in [2.05, 4.69) is 15.4 Å². The van der Waals surface area contributed by atoms with E-state index in [9.17, 15) is 18.8 Å². The van der Waals surface area contributed by atoms with Gasteiger partial charge in [-0.25, -0.2) is 4.39 Å². The maximum Gasteiger partial charge on any atom is 0.325 e. The second-order valence-electron chi connectivity index (χ2n) is 6.89. The normalized spacial score (nSPS) is 10.5. The Balaban J connectivity index is 1.78. The van der Waals surface area contributed by atoms with E-state index >= 15 is 0 Å². The smallest absolute Gasteiger partial charge is 0.325 e. The molecule has 0 aliphatic carbocycles. The van der Waals surface area contributed by atoms with E-state index in [0.29, 0.717) is 22.5 Å². The van der Waals surface area contributed by atoms with Crippen LogP contribution in [-0.4, -0.2) is 36.0 Å². The molecule has 1 heterocycles. The van der Waals surface area contributed by atoms with Crippen LogP contribution in [0.3, 0.4) is 0 Å². The summed E-state index contributed by atoms with van der Waals surface area (Å²) >= 11 is 0. The zero-order valence-corrected chi connectivity index (χ0v) is 17.4. The fourth-order valence-corrected chi connectivity index (χ4v) is 3.24. The fourth-order valence-electron chi connectivity index (χ4n) is 3.24. The number of esters is 1. The molecule has 3 rings (SSSR count). The molecule has 2 aromatic carbocycles. The Kier molecular flexibility index (Phi) is 6.49. The number of hydrogen-bond donors (Lipinski definition) is 2. The highest BCUT2D eigenvalue weighted by atomic mass is 19.1. The highest BCUT2D eigenvalue weighted by Gasteiger charge is 2.17. The molecular formula is C23H22FN3O4. The van der Waals surface area contributed by atoms with Crippen molar-refractivity contribution in [3.05, 3.63) is 82.9 Å². The molecule has 0 unspecified atom stereocenters. The second-order valence-corrected chi connectivity index (χ2v) is 6.89. The van der Waals surface area contributed by atoms with E-state index in [1.807, 2.05) is 18.4 Å². The maximum absolute atomic E-state index is 13.2. The van der Waals surface area contributed by atoms with E-state index in [1.54, 1.807) is 36.4 Å². The third-order valence-corrected chi connectivity index (χ3v) is 4.76. The van der Waals surface area contributed by atoms with E-state index in [1.165, 1.54) is 25.3 Å². The number of carbonyl (C=O) groups is 3. The second kappa shape index (κ2) is 9.25. The van der Waals surface area contributed by atoms with E-state index in [4.69, 9.17) is 0 Å². The first-order valence-electron chi connectivity index (χ1n) is 9.51. The van der Waals surface area contributed by atoms with E-state index in [0.717, 1.165) is 11.4 Å². The molecule has 3 aromatic rings. The predicted molar refractivity (Wildman–Crippen MR) is 114 cm³/mol. The van der Waals surface area contributed by atoms with Gasteiger partial charge in [0.05, 0.1) is 12.7 Å². The van der Waals surface area contributed by atoms with Gasteiger partial charge >= 0.3 is 5.97 Å². The molecule has 2 amide bonds. The summed E-state index contributed by atoms with van der Waals surface area (Å²) in [7, 11) is 1.23. The van der Waals surface area contributed by atoms with Gasteiger partial charge < -0.3 is 19.9 Å². The van der Waals surface area contributed by atoms with Crippen molar-refractivity contribution in [1.82, 2.24) is 9.88 Å². The first kappa shape index (κ1) is 21.8. The van der Waals surface area contributed by atoms with E-state index in [-0.39, 0.29) is 18.3 Å². The Morgan fingerprint density at radius 3 is 2.39 bits per heavy atom. The van der Waals surface area contributed by atoms with Crippen molar-refractivity contribution in [2.75, 3.05) is 19.0 Å². The van der Waals surface area contributed by atoms with Crippen LogP contribution < -0.4 is 10.6 Å². The van der Waals surface area contributed by atoms with Gasteiger partial charge in [-0.15, -0.1) is 0 Å². The van der Waals surface area contributed by atoms with Gasteiger partial charge in [0.25, 0.3) is 11.8 Å². The van der Waals surface area contributed by atoms with Crippen molar-refractivity contribution in [1.29, 1.82) is 0 Å². The molecule has 0 radical (unpaired) electrons. The topological polar surface area (TPSA) is 89.4 Å². The first-order chi connectivity index (χ1) is 14.8. The van der Waals surface area contributed by atoms with Crippen LogP contribution in [0.2, 0.25) is 0 Å². The molecule has 2 N–H and O–H groups in total. The quantitative estimate of drug-likeness (QED) is 0.595. The number of rotatable bonds is 6. The average molecular weight is 423 g/mol. The Hall–Kier alpha value is -3.94. The van der Waals surface area contributed by atoms with Crippen LogP contribution in [0.15, 0.2) is 54.6 Å². The molecule has 1 aromatic heterocycles. The molecule has 0 spiro atoms. The number of methoxy groups -OCH3 is 1. The number of hydrogen-bond acceptors (Lipinski definition) is 4. The number of nitrogens with zero attached hydrogens (tertiary/aromatic N) is 1. The van der Waals surface area contributed by atoms with Crippen LogP contribution in [0.25, 0.3) is 5.69 Å². The predicted octanol–water partition coefficient (Wildman–Crippen LogP) is 3.39. The minimum Gasteiger partial charge on any atom is -0.468 e. The lowest BCUT2D eigenvalue weighted by atomic mass is 10.1. The van der Waals surface area contributed by atoms with Crippen molar-refractivity contribution in [3.63, 3.8) is 0 Å². The Bertz CT molecular complexity index is 1140. The highest BCUT2D eigenvalue weighted by molar-refractivity contribution is 6.06. The number of aromatic nitrogens is 1. The molecule has 7 nitrogen and oxygen atoms in total. The first-order valence-corrected chi connectivity index (χ1v) is 9.51. The van der Waals surface area contributed by atoms with Crippen LogP contribution in [0.4, 0.5) is 10.1 Å². The lowest BCUT2D eigenvalue weighted by Gasteiger charge is -2.11. The summed E-state index contributed by atoms with van der Waals surface area (Å²) in [4.78, 5) is 36.3. The summed E-state index contributed by atoms with van der Waals surface area (Å²) < 4.78 is 19.6. The largest absolute Gasteiger partial charge is 0.468 e. The Morgan fingerprint density at radius 2 is 1.71 bits per heavy atom. The number of ether oxygens (including phenoxy) is 1. The van der Waals surface area contributed by atoms with Gasteiger partial charge in [0.2, 0.25) is 0 Å². The number of amides is 2. The van der Waals surface area contributed by atoms with Crippen LogP contribution in [0, 0.1) is 19.7 Å². The Morgan fingerprint density at radius 1 is 1.00 bits per heavy atom. The average Bonchev–Trinajstić information content (AvgIpc) is 3.06. The monoisotopic (exact) mass is 423 g/mol. The zero-order valence-electron chi connectivity index (χ0n) is 17.4. The molecule has 0 fully saturated rings. The van der Waals surface area contributed by atoms with Crippen molar-refractivity contribution in [2.24, 2.45) is 0 Å². The fraction of sp³-hybridized carbons (Fsp3) is 0.174. The molecule has 8 heteroatoms. The van der Waals surface area contributed by atoms with Crippen LogP contribution in [0.1, 0.15) is 32.1 Å². The van der Waals surface area contributed by atoms with Crippen molar-refractivity contribution >= 4 is 23.5 Å². The van der Waals surface area contributed by atoms with E-state index < -0.39 is 11.9 Å². The van der Waals surface area contributed by atoms with Gasteiger partial charge in [-0.2, -0.15) is 0 Å². The number of halogens is 1. The number of nitrogens with one attached hydrogen (secondary N) is 2. The number of anilines is 1.